The minimum Gasteiger partial charge on any atom is -0.353 e. The number of anilines is 1. The highest BCUT2D eigenvalue weighted by Crippen LogP contribution is 2.24. The summed E-state index contributed by atoms with van der Waals surface area (Å²) < 4.78 is 2.23. The molecule has 0 aromatic carbocycles. The molecule has 2 aromatic rings. The molecular formula is C16H24N4S. The molecule has 0 aliphatic carbocycles. The number of rotatable bonds is 5. The van der Waals surface area contributed by atoms with Crippen LogP contribution in [0.25, 0.3) is 5.65 Å². The van der Waals surface area contributed by atoms with E-state index in [1.165, 1.54) is 17.2 Å². The van der Waals surface area contributed by atoms with Crippen molar-refractivity contribution >= 4 is 23.2 Å². The van der Waals surface area contributed by atoms with E-state index in [1.807, 2.05) is 11.8 Å². The summed E-state index contributed by atoms with van der Waals surface area (Å²) in [7, 11) is 0. The van der Waals surface area contributed by atoms with Crippen LogP contribution < -0.4 is 10.2 Å². The Kier molecular flexibility index (Phi) is 4.70. The summed E-state index contributed by atoms with van der Waals surface area (Å²) in [5.74, 6) is 4.23. The highest BCUT2D eigenvalue weighted by Gasteiger charge is 2.19. The van der Waals surface area contributed by atoms with Gasteiger partial charge in [0.1, 0.15) is 5.65 Å². The molecule has 2 aromatic heterocycles. The van der Waals surface area contributed by atoms with E-state index >= 15 is 0 Å². The van der Waals surface area contributed by atoms with Crippen LogP contribution in [-0.4, -0.2) is 40.5 Å². The predicted octanol–water partition coefficient (Wildman–Crippen LogP) is 2.63. The lowest BCUT2D eigenvalue weighted by Gasteiger charge is -2.27. The highest BCUT2D eigenvalue weighted by molar-refractivity contribution is 7.99. The molecule has 0 spiro atoms. The molecule has 4 nitrogen and oxygen atoms in total. The zero-order valence-electron chi connectivity index (χ0n) is 12.9. The molecule has 21 heavy (non-hydrogen) atoms. The minimum atomic E-state index is 0.666. The Hall–Kier alpha value is -1.20. The number of pyridine rings is 1. The molecule has 114 valence electrons. The summed E-state index contributed by atoms with van der Waals surface area (Å²) in [6.07, 6.45) is 2.12. The number of nitrogens with one attached hydrogen (secondary N) is 1. The van der Waals surface area contributed by atoms with Crippen LogP contribution in [0, 0.1) is 5.92 Å². The average molecular weight is 304 g/mol. The monoisotopic (exact) mass is 304 g/mol. The van der Waals surface area contributed by atoms with Gasteiger partial charge in [0.2, 0.25) is 0 Å². The molecule has 0 atom stereocenters. The van der Waals surface area contributed by atoms with Crippen molar-refractivity contribution in [2.45, 2.75) is 20.4 Å². The summed E-state index contributed by atoms with van der Waals surface area (Å²) in [5.41, 5.74) is 2.34. The Morgan fingerprint density at radius 1 is 1.29 bits per heavy atom. The molecule has 0 amide bonds. The van der Waals surface area contributed by atoms with Crippen molar-refractivity contribution in [2.24, 2.45) is 5.92 Å². The maximum atomic E-state index is 4.87. The van der Waals surface area contributed by atoms with Crippen molar-refractivity contribution in [3.63, 3.8) is 0 Å². The van der Waals surface area contributed by atoms with Crippen LogP contribution in [0.4, 0.5) is 5.82 Å². The molecule has 1 aliphatic heterocycles. The molecule has 1 N–H and O–H groups in total. The van der Waals surface area contributed by atoms with Gasteiger partial charge in [0, 0.05) is 37.3 Å². The summed E-state index contributed by atoms with van der Waals surface area (Å²) in [6, 6.07) is 6.23. The number of nitrogens with zero attached hydrogens (tertiary/aromatic N) is 3. The van der Waals surface area contributed by atoms with E-state index in [0.717, 1.165) is 37.6 Å². The van der Waals surface area contributed by atoms with Crippen LogP contribution in [0.15, 0.2) is 24.4 Å². The first-order valence-corrected chi connectivity index (χ1v) is 8.90. The quantitative estimate of drug-likeness (QED) is 0.920. The zero-order chi connectivity index (χ0) is 14.7. The van der Waals surface area contributed by atoms with E-state index < -0.39 is 0 Å². The van der Waals surface area contributed by atoms with Gasteiger partial charge in [-0.05, 0) is 24.6 Å². The third kappa shape index (κ3) is 3.35. The Morgan fingerprint density at radius 3 is 2.86 bits per heavy atom. The molecule has 5 heteroatoms. The van der Waals surface area contributed by atoms with Gasteiger partial charge >= 0.3 is 0 Å². The van der Waals surface area contributed by atoms with Gasteiger partial charge in [-0.15, -0.1) is 0 Å². The number of fused-ring (bicyclic) bond motifs is 1. The molecule has 0 unspecified atom stereocenters. The number of imidazole rings is 1. The molecule has 0 bridgehead atoms. The molecule has 1 fully saturated rings. The third-order valence-electron chi connectivity index (χ3n) is 3.76. The van der Waals surface area contributed by atoms with E-state index in [4.69, 9.17) is 4.98 Å². The molecular weight excluding hydrogens is 280 g/mol. The van der Waals surface area contributed by atoms with Crippen molar-refractivity contribution in [3.8, 4) is 0 Å². The van der Waals surface area contributed by atoms with Crippen LogP contribution in [-0.2, 0) is 6.54 Å². The lowest BCUT2D eigenvalue weighted by molar-refractivity contribution is 0.546. The Labute approximate surface area is 130 Å². The molecule has 3 heterocycles. The summed E-state index contributed by atoms with van der Waals surface area (Å²) in [4.78, 5) is 7.31. The molecule has 0 radical (unpaired) electrons. The summed E-state index contributed by atoms with van der Waals surface area (Å²) in [6.45, 7) is 8.60. The fourth-order valence-electron chi connectivity index (χ4n) is 2.71. The Balaban J connectivity index is 1.89. The highest BCUT2D eigenvalue weighted by atomic mass is 32.2. The lowest BCUT2D eigenvalue weighted by Crippen LogP contribution is -2.34. The average Bonchev–Trinajstić information content (AvgIpc) is 2.87. The van der Waals surface area contributed by atoms with Crippen molar-refractivity contribution in [1.29, 1.82) is 0 Å². The second-order valence-electron chi connectivity index (χ2n) is 5.94. The van der Waals surface area contributed by atoms with E-state index in [2.05, 4.69) is 52.9 Å². The van der Waals surface area contributed by atoms with E-state index in [9.17, 15) is 0 Å². The van der Waals surface area contributed by atoms with E-state index in [0.29, 0.717) is 5.92 Å². The normalized spacial score (nSPS) is 16.0. The number of thioether (sulfide) groups is 1. The van der Waals surface area contributed by atoms with Gasteiger partial charge in [-0.1, -0.05) is 19.9 Å². The minimum absolute atomic E-state index is 0.666. The van der Waals surface area contributed by atoms with Gasteiger partial charge in [0.25, 0.3) is 0 Å². The number of hydrogen-bond acceptors (Lipinski definition) is 4. The molecule has 0 saturated carbocycles. The van der Waals surface area contributed by atoms with Crippen LogP contribution in [0.5, 0.6) is 0 Å². The second-order valence-corrected chi connectivity index (χ2v) is 7.16. The smallest absolute Gasteiger partial charge is 0.152 e. The second kappa shape index (κ2) is 6.71. The summed E-state index contributed by atoms with van der Waals surface area (Å²) in [5, 5.41) is 3.57. The zero-order valence-corrected chi connectivity index (χ0v) is 13.7. The van der Waals surface area contributed by atoms with E-state index in [1.54, 1.807) is 0 Å². The van der Waals surface area contributed by atoms with Crippen LogP contribution >= 0.6 is 11.8 Å². The predicted molar refractivity (Wildman–Crippen MR) is 91.3 cm³/mol. The maximum Gasteiger partial charge on any atom is 0.152 e. The van der Waals surface area contributed by atoms with Gasteiger partial charge in [-0.2, -0.15) is 11.8 Å². The molecule has 1 saturated heterocycles. The van der Waals surface area contributed by atoms with Crippen molar-refractivity contribution < 1.29 is 0 Å². The topological polar surface area (TPSA) is 32.6 Å². The van der Waals surface area contributed by atoms with Crippen molar-refractivity contribution in [3.05, 3.63) is 30.1 Å². The lowest BCUT2D eigenvalue weighted by atomic mass is 10.2. The first-order chi connectivity index (χ1) is 10.3. The standard InChI is InChI=1S/C16H24N4S/c1-13(2)11-17-12-14-16(19-7-9-21-10-8-19)18-15-5-3-4-6-20(14)15/h3-6,13,17H,7-12H2,1-2H3. The molecule has 3 rings (SSSR count). The van der Waals surface area contributed by atoms with Gasteiger partial charge in [-0.25, -0.2) is 4.98 Å². The molecule has 1 aliphatic rings. The van der Waals surface area contributed by atoms with Crippen LogP contribution in [0.3, 0.4) is 0 Å². The Bertz CT molecular complexity index is 587. The van der Waals surface area contributed by atoms with Crippen LogP contribution in [0.1, 0.15) is 19.5 Å². The third-order valence-corrected chi connectivity index (χ3v) is 4.71. The fourth-order valence-corrected chi connectivity index (χ4v) is 3.61. The number of hydrogen-bond donors (Lipinski definition) is 1. The summed E-state index contributed by atoms with van der Waals surface area (Å²) >= 11 is 2.04. The van der Waals surface area contributed by atoms with Crippen molar-refractivity contribution in [1.82, 2.24) is 14.7 Å². The van der Waals surface area contributed by atoms with Gasteiger partial charge in [-0.3, -0.25) is 0 Å². The first-order valence-electron chi connectivity index (χ1n) is 7.75. The Morgan fingerprint density at radius 2 is 2.10 bits per heavy atom. The van der Waals surface area contributed by atoms with E-state index in [-0.39, 0.29) is 0 Å². The maximum absolute atomic E-state index is 4.87. The number of aromatic nitrogens is 2. The van der Waals surface area contributed by atoms with Gasteiger partial charge in [0.05, 0.1) is 5.69 Å². The van der Waals surface area contributed by atoms with Crippen LogP contribution in [0.2, 0.25) is 0 Å². The van der Waals surface area contributed by atoms with Gasteiger partial charge in [0.15, 0.2) is 5.82 Å². The SMILES string of the molecule is CC(C)CNCc1c(N2CCSCC2)nc2ccccn12. The largest absolute Gasteiger partial charge is 0.353 e. The van der Waals surface area contributed by atoms with Gasteiger partial charge < -0.3 is 14.6 Å². The fraction of sp³-hybridized carbons (Fsp3) is 0.562. The van der Waals surface area contributed by atoms with Crippen molar-refractivity contribution in [2.75, 3.05) is 36.0 Å². The first kappa shape index (κ1) is 14.7.